The number of benzene rings is 1. The lowest BCUT2D eigenvalue weighted by Gasteiger charge is -2.02. The van der Waals surface area contributed by atoms with Crippen LogP contribution in [0.4, 0.5) is 0 Å². The van der Waals surface area contributed by atoms with Gasteiger partial charge in [-0.1, -0.05) is 30.3 Å². The molecule has 0 unspecified atom stereocenters. The van der Waals surface area contributed by atoms with E-state index >= 15 is 0 Å². The number of hydrogen-bond acceptors (Lipinski definition) is 4. The number of nitrogens with one attached hydrogen (secondary N) is 1. The van der Waals surface area contributed by atoms with Crippen LogP contribution in [0.5, 0.6) is 0 Å². The number of hydrogen-bond donors (Lipinski definition) is 1. The minimum absolute atomic E-state index is 0.661. The Labute approximate surface area is 139 Å². The lowest BCUT2D eigenvalue weighted by Crippen LogP contribution is -1.87. The van der Waals surface area contributed by atoms with E-state index < -0.39 is 0 Å². The van der Waals surface area contributed by atoms with Crippen LogP contribution in [-0.4, -0.2) is 25.1 Å². The van der Waals surface area contributed by atoms with Crippen LogP contribution in [-0.2, 0) is 0 Å². The van der Waals surface area contributed by atoms with Gasteiger partial charge in [0.15, 0.2) is 11.6 Å². The summed E-state index contributed by atoms with van der Waals surface area (Å²) in [6, 6.07) is 17.9. The van der Waals surface area contributed by atoms with E-state index in [4.69, 9.17) is 0 Å². The highest BCUT2D eigenvalue weighted by Gasteiger charge is 2.09. The molecule has 0 amide bonds. The second kappa shape index (κ2) is 6.04. The van der Waals surface area contributed by atoms with Crippen molar-refractivity contribution in [2.75, 3.05) is 0 Å². The summed E-state index contributed by atoms with van der Waals surface area (Å²) in [5.74, 6) is 1.38. The Balaban J connectivity index is 1.70. The van der Waals surface area contributed by atoms with E-state index in [9.17, 15) is 0 Å². The van der Waals surface area contributed by atoms with Gasteiger partial charge >= 0.3 is 0 Å². The zero-order valence-electron chi connectivity index (χ0n) is 13.1. The Morgan fingerprint density at radius 1 is 0.792 bits per heavy atom. The molecule has 4 aromatic rings. The summed E-state index contributed by atoms with van der Waals surface area (Å²) in [6.07, 6.45) is 3.55. The summed E-state index contributed by atoms with van der Waals surface area (Å²) >= 11 is 0. The Hall–Kier alpha value is -3.34. The normalized spacial score (nSPS) is 10.7. The van der Waals surface area contributed by atoms with Crippen LogP contribution in [0.25, 0.3) is 34.0 Å². The first kappa shape index (κ1) is 14.3. The molecule has 0 saturated heterocycles. The van der Waals surface area contributed by atoms with Gasteiger partial charge in [0.05, 0.1) is 5.69 Å². The lowest BCUT2D eigenvalue weighted by molar-refractivity contribution is 1.09. The Morgan fingerprint density at radius 2 is 1.58 bits per heavy atom. The average molecular weight is 313 g/mol. The third kappa shape index (κ3) is 2.79. The predicted octanol–water partition coefficient (Wildman–Crippen LogP) is 3.90. The summed E-state index contributed by atoms with van der Waals surface area (Å²) < 4.78 is 0. The van der Waals surface area contributed by atoms with E-state index in [0.717, 1.165) is 33.9 Å². The van der Waals surface area contributed by atoms with E-state index in [1.807, 2.05) is 61.5 Å². The van der Waals surface area contributed by atoms with Crippen molar-refractivity contribution >= 4 is 0 Å². The number of aromatic nitrogens is 5. The molecular weight excluding hydrogens is 298 g/mol. The third-order valence-corrected chi connectivity index (χ3v) is 3.74. The summed E-state index contributed by atoms with van der Waals surface area (Å²) in [7, 11) is 0. The second-order valence-corrected chi connectivity index (χ2v) is 5.49. The minimum Gasteiger partial charge on any atom is -0.262 e. The minimum atomic E-state index is 0.661. The standard InChI is InChI=1S/C19H15N5/c1-13-11-15(7-9-20-13)18-22-19(24-23-18)16-8-10-21-17(12-16)14-5-3-2-4-6-14/h2-12H,1H3,(H,22,23,24). The molecule has 1 N–H and O–H groups in total. The number of aromatic amines is 1. The largest absolute Gasteiger partial charge is 0.262 e. The highest BCUT2D eigenvalue weighted by Crippen LogP contribution is 2.24. The van der Waals surface area contributed by atoms with Crippen molar-refractivity contribution in [2.24, 2.45) is 0 Å². The molecule has 0 fully saturated rings. The van der Waals surface area contributed by atoms with Crippen LogP contribution in [0.3, 0.4) is 0 Å². The van der Waals surface area contributed by atoms with Crippen molar-refractivity contribution < 1.29 is 0 Å². The van der Waals surface area contributed by atoms with Gasteiger partial charge in [0.25, 0.3) is 0 Å². The van der Waals surface area contributed by atoms with E-state index in [1.165, 1.54) is 0 Å². The van der Waals surface area contributed by atoms with Gasteiger partial charge in [-0.25, -0.2) is 4.98 Å². The third-order valence-electron chi connectivity index (χ3n) is 3.74. The summed E-state index contributed by atoms with van der Waals surface area (Å²) in [6.45, 7) is 1.95. The quantitative estimate of drug-likeness (QED) is 0.623. The first-order valence-corrected chi connectivity index (χ1v) is 7.67. The molecule has 1 aromatic carbocycles. The highest BCUT2D eigenvalue weighted by molar-refractivity contribution is 5.67. The van der Waals surface area contributed by atoms with E-state index in [1.54, 1.807) is 12.4 Å². The molecule has 0 saturated carbocycles. The van der Waals surface area contributed by atoms with Crippen molar-refractivity contribution in [3.63, 3.8) is 0 Å². The molecule has 0 atom stereocenters. The Morgan fingerprint density at radius 3 is 2.42 bits per heavy atom. The van der Waals surface area contributed by atoms with Crippen LogP contribution in [0.2, 0.25) is 0 Å². The maximum Gasteiger partial charge on any atom is 0.181 e. The average Bonchev–Trinajstić information content (AvgIpc) is 3.13. The Kier molecular flexibility index (Phi) is 3.59. The molecule has 0 aliphatic heterocycles. The van der Waals surface area contributed by atoms with Crippen molar-refractivity contribution in [2.45, 2.75) is 6.92 Å². The van der Waals surface area contributed by atoms with Crippen LogP contribution >= 0.6 is 0 Å². The van der Waals surface area contributed by atoms with Crippen molar-refractivity contribution in [3.05, 3.63) is 72.7 Å². The summed E-state index contributed by atoms with van der Waals surface area (Å²) in [5.41, 5.74) is 4.82. The lowest BCUT2D eigenvalue weighted by atomic mass is 10.1. The molecule has 24 heavy (non-hydrogen) atoms. The van der Waals surface area contributed by atoms with Gasteiger partial charge in [0.2, 0.25) is 0 Å². The fourth-order valence-electron chi connectivity index (χ4n) is 2.55. The van der Waals surface area contributed by atoms with Gasteiger partial charge < -0.3 is 0 Å². The van der Waals surface area contributed by atoms with Gasteiger partial charge in [-0.2, -0.15) is 5.10 Å². The molecule has 5 nitrogen and oxygen atoms in total. The first-order valence-electron chi connectivity index (χ1n) is 7.67. The first-order chi connectivity index (χ1) is 11.8. The molecule has 0 aliphatic rings. The van der Waals surface area contributed by atoms with Gasteiger partial charge in [0, 0.05) is 34.8 Å². The maximum atomic E-state index is 4.60. The molecular formula is C19H15N5. The van der Waals surface area contributed by atoms with Gasteiger partial charge in [-0.15, -0.1) is 0 Å². The molecule has 3 heterocycles. The summed E-state index contributed by atoms with van der Waals surface area (Å²) in [5, 5.41) is 7.33. The Bertz CT molecular complexity index is 976. The van der Waals surface area contributed by atoms with E-state index in [0.29, 0.717) is 5.82 Å². The number of pyridine rings is 2. The fourth-order valence-corrected chi connectivity index (χ4v) is 2.55. The van der Waals surface area contributed by atoms with Crippen LogP contribution in [0.1, 0.15) is 5.69 Å². The maximum absolute atomic E-state index is 4.60. The molecule has 5 heteroatoms. The van der Waals surface area contributed by atoms with Crippen LogP contribution < -0.4 is 0 Å². The van der Waals surface area contributed by atoms with Crippen molar-refractivity contribution in [3.8, 4) is 34.0 Å². The van der Waals surface area contributed by atoms with Crippen LogP contribution in [0, 0.1) is 6.92 Å². The van der Waals surface area contributed by atoms with Gasteiger partial charge in [0.1, 0.15) is 0 Å². The fraction of sp³-hybridized carbons (Fsp3) is 0.0526. The number of aryl methyl sites for hydroxylation is 1. The van der Waals surface area contributed by atoms with Gasteiger partial charge in [-0.3, -0.25) is 15.1 Å². The van der Waals surface area contributed by atoms with Crippen molar-refractivity contribution in [1.29, 1.82) is 0 Å². The highest BCUT2D eigenvalue weighted by atomic mass is 15.2. The molecule has 0 spiro atoms. The predicted molar refractivity (Wildman–Crippen MR) is 93.0 cm³/mol. The number of H-pyrrole nitrogens is 1. The molecule has 116 valence electrons. The van der Waals surface area contributed by atoms with E-state index in [2.05, 4.69) is 25.1 Å². The van der Waals surface area contributed by atoms with E-state index in [-0.39, 0.29) is 0 Å². The SMILES string of the molecule is Cc1cc(-c2n[nH]c(-c3ccnc(-c4ccccc4)c3)n2)ccn1. The topological polar surface area (TPSA) is 67.3 Å². The molecule has 0 radical (unpaired) electrons. The molecule has 3 aromatic heterocycles. The smallest absolute Gasteiger partial charge is 0.181 e. The zero-order chi connectivity index (χ0) is 16.4. The second-order valence-electron chi connectivity index (χ2n) is 5.49. The zero-order valence-corrected chi connectivity index (χ0v) is 13.1. The monoisotopic (exact) mass is 313 g/mol. The van der Waals surface area contributed by atoms with Crippen LogP contribution in [0.15, 0.2) is 67.0 Å². The molecule has 4 rings (SSSR count). The number of rotatable bonds is 3. The van der Waals surface area contributed by atoms with Crippen molar-refractivity contribution in [1.82, 2.24) is 25.1 Å². The molecule has 0 aliphatic carbocycles. The van der Waals surface area contributed by atoms with Gasteiger partial charge in [-0.05, 0) is 31.2 Å². The number of nitrogens with zero attached hydrogens (tertiary/aromatic N) is 4. The summed E-state index contributed by atoms with van der Waals surface area (Å²) in [4.78, 5) is 13.2. The molecule has 0 bridgehead atoms.